The Kier molecular flexibility index (Phi) is 6.65. The molecule has 96 valence electrons. The molecule has 1 atom stereocenters. The van der Waals surface area contributed by atoms with Gasteiger partial charge in [0.15, 0.2) is 0 Å². The van der Waals surface area contributed by atoms with Gasteiger partial charge < -0.3 is 11.1 Å². The molecule has 0 spiro atoms. The minimum absolute atomic E-state index is 0.131. The molecule has 0 bridgehead atoms. The highest BCUT2D eigenvalue weighted by atomic mass is 16.1. The van der Waals surface area contributed by atoms with Crippen LogP contribution in [0.25, 0.3) is 0 Å². The Morgan fingerprint density at radius 3 is 2.25 bits per heavy atom. The molecule has 0 heterocycles. The minimum atomic E-state index is 0.131. The van der Waals surface area contributed by atoms with Crippen molar-refractivity contribution in [2.75, 3.05) is 13.1 Å². The van der Waals surface area contributed by atoms with Crippen LogP contribution >= 0.6 is 0 Å². The number of amides is 1. The number of hydrogen-bond acceptors (Lipinski definition) is 2. The second kappa shape index (κ2) is 6.89. The van der Waals surface area contributed by atoms with Crippen molar-refractivity contribution in [1.29, 1.82) is 0 Å². The van der Waals surface area contributed by atoms with Gasteiger partial charge in [0.25, 0.3) is 0 Å². The average molecular weight is 228 g/mol. The van der Waals surface area contributed by atoms with E-state index in [-0.39, 0.29) is 11.3 Å². The molecule has 0 aliphatic carbocycles. The lowest BCUT2D eigenvalue weighted by Crippen LogP contribution is -2.34. The van der Waals surface area contributed by atoms with Crippen molar-refractivity contribution in [3.63, 3.8) is 0 Å². The maximum Gasteiger partial charge on any atom is 0.220 e. The van der Waals surface area contributed by atoms with E-state index in [0.717, 1.165) is 13.0 Å². The van der Waals surface area contributed by atoms with Gasteiger partial charge in [0.2, 0.25) is 5.91 Å². The molecule has 0 saturated heterocycles. The molecular formula is C13H28N2O. The van der Waals surface area contributed by atoms with Gasteiger partial charge in [-0.25, -0.2) is 0 Å². The summed E-state index contributed by atoms with van der Waals surface area (Å²) >= 11 is 0. The third-order valence-electron chi connectivity index (χ3n) is 2.43. The first-order valence-corrected chi connectivity index (χ1v) is 6.21. The number of carbonyl (C=O) groups is 1. The van der Waals surface area contributed by atoms with Crippen molar-refractivity contribution < 1.29 is 4.79 Å². The summed E-state index contributed by atoms with van der Waals surface area (Å²) in [7, 11) is 0. The molecule has 0 aromatic carbocycles. The van der Waals surface area contributed by atoms with E-state index in [1.165, 1.54) is 0 Å². The molecule has 0 unspecified atom stereocenters. The van der Waals surface area contributed by atoms with Gasteiger partial charge in [-0.3, -0.25) is 4.79 Å². The molecule has 0 fully saturated rings. The second-order valence-corrected chi connectivity index (χ2v) is 6.27. The Labute approximate surface area is 100 Å². The summed E-state index contributed by atoms with van der Waals surface area (Å²) in [6.07, 6.45) is 1.59. The van der Waals surface area contributed by atoms with Crippen LogP contribution in [0.2, 0.25) is 0 Å². The largest absolute Gasteiger partial charge is 0.356 e. The lowest BCUT2D eigenvalue weighted by molar-refractivity contribution is -0.122. The van der Waals surface area contributed by atoms with Gasteiger partial charge in [-0.15, -0.1) is 0 Å². The highest BCUT2D eigenvalue weighted by molar-refractivity contribution is 5.76. The fourth-order valence-electron chi connectivity index (χ4n) is 1.63. The monoisotopic (exact) mass is 228 g/mol. The second-order valence-electron chi connectivity index (χ2n) is 6.27. The van der Waals surface area contributed by atoms with E-state index in [4.69, 9.17) is 5.73 Å². The molecule has 16 heavy (non-hydrogen) atoms. The van der Waals surface area contributed by atoms with Gasteiger partial charge in [-0.05, 0) is 30.2 Å². The molecule has 3 N–H and O–H groups in total. The van der Waals surface area contributed by atoms with Crippen LogP contribution in [0.5, 0.6) is 0 Å². The molecule has 0 radical (unpaired) electrons. The normalized spacial score (nSPS) is 13.9. The molecule has 0 saturated carbocycles. The van der Waals surface area contributed by atoms with Gasteiger partial charge >= 0.3 is 0 Å². The van der Waals surface area contributed by atoms with Crippen molar-refractivity contribution in [3.05, 3.63) is 0 Å². The van der Waals surface area contributed by atoms with E-state index in [1.807, 2.05) is 0 Å². The maximum atomic E-state index is 11.7. The number of hydrogen-bond donors (Lipinski definition) is 2. The van der Waals surface area contributed by atoms with E-state index in [0.29, 0.717) is 24.8 Å². The molecule has 0 aromatic heterocycles. The van der Waals surface area contributed by atoms with Crippen LogP contribution in [-0.4, -0.2) is 19.0 Å². The summed E-state index contributed by atoms with van der Waals surface area (Å²) in [6.45, 7) is 12.0. The van der Waals surface area contributed by atoms with Gasteiger partial charge in [-0.2, -0.15) is 0 Å². The van der Waals surface area contributed by atoms with Crippen molar-refractivity contribution in [1.82, 2.24) is 5.32 Å². The van der Waals surface area contributed by atoms with E-state index in [2.05, 4.69) is 39.9 Å². The van der Waals surface area contributed by atoms with Crippen LogP contribution in [-0.2, 0) is 4.79 Å². The van der Waals surface area contributed by atoms with Gasteiger partial charge in [0, 0.05) is 13.0 Å². The Morgan fingerprint density at radius 1 is 1.31 bits per heavy atom. The van der Waals surface area contributed by atoms with E-state index in [9.17, 15) is 4.79 Å². The molecule has 3 heteroatoms. The third kappa shape index (κ3) is 8.72. The lowest BCUT2D eigenvalue weighted by atomic mass is 9.93. The van der Waals surface area contributed by atoms with Crippen molar-refractivity contribution in [2.24, 2.45) is 23.0 Å². The van der Waals surface area contributed by atoms with Crippen LogP contribution in [0.15, 0.2) is 0 Å². The number of rotatable bonds is 6. The first-order valence-electron chi connectivity index (χ1n) is 6.21. The van der Waals surface area contributed by atoms with Crippen LogP contribution in [0, 0.1) is 17.3 Å². The fraction of sp³-hybridized carbons (Fsp3) is 0.923. The zero-order valence-electron chi connectivity index (χ0n) is 11.5. The molecule has 0 rings (SSSR count). The predicted octanol–water partition coefficient (Wildman–Crippen LogP) is 2.16. The predicted molar refractivity (Wildman–Crippen MR) is 69.1 cm³/mol. The fourth-order valence-corrected chi connectivity index (χ4v) is 1.63. The zero-order valence-corrected chi connectivity index (χ0v) is 11.5. The third-order valence-corrected chi connectivity index (χ3v) is 2.43. The Hall–Kier alpha value is -0.570. The summed E-state index contributed by atoms with van der Waals surface area (Å²) in [5.74, 6) is 1.05. The van der Waals surface area contributed by atoms with Gasteiger partial charge in [0.1, 0.15) is 0 Å². The quantitative estimate of drug-likeness (QED) is 0.732. The molecule has 0 aliphatic heterocycles. The molecule has 0 aromatic rings. The average Bonchev–Trinajstić information content (AvgIpc) is 2.12. The zero-order chi connectivity index (χ0) is 12.8. The Bertz CT molecular complexity index is 206. The van der Waals surface area contributed by atoms with Crippen LogP contribution < -0.4 is 11.1 Å². The SMILES string of the molecule is CC(C)C[C@H](CN)CC(=O)NCC(C)(C)C. The summed E-state index contributed by atoms with van der Waals surface area (Å²) in [5, 5.41) is 2.97. The van der Waals surface area contributed by atoms with Crippen LogP contribution in [0.1, 0.15) is 47.5 Å². The number of carbonyl (C=O) groups excluding carboxylic acids is 1. The van der Waals surface area contributed by atoms with Crippen molar-refractivity contribution in [2.45, 2.75) is 47.5 Å². The summed E-state index contributed by atoms with van der Waals surface area (Å²) in [5.41, 5.74) is 5.82. The minimum Gasteiger partial charge on any atom is -0.356 e. The lowest BCUT2D eigenvalue weighted by Gasteiger charge is -2.21. The Balaban J connectivity index is 3.92. The van der Waals surface area contributed by atoms with Crippen LogP contribution in [0.3, 0.4) is 0 Å². The number of nitrogens with two attached hydrogens (primary N) is 1. The smallest absolute Gasteiger partial charge is 0.220 e. The van der Waals surface area contributed by atoms with E-state index < -0.39 is 0 Å². The molecule has 1 amide bonds. The molecule has 0 aliphatic rings. The highest BCUT2D eigenvalue weighted by Crippen LogP contribution is 2.15. The Morgan fingerprint density at radius 2 is 1.88 bits per heavy atom. The standard InChI is InChI=1S/C13H28N2O/c1-10(2)6-11(8-14)7-12(16)15-9-13(3,4)5/h10-11H,6-9,14H2,1-5H3,(H,15,16)/t11-/m0/s1. The van der Waals surface area contributed by atoms with Gasteiger partial charge in [-0.1, -0.05) is 34.6 Å². The van der Waals surface area contributed by atoms with Gasteiger partial charge in [0.05, 0.1) is 0 Å². The van der Waals surface area contributed by atoms with Crippen molar-refractivity contribution in [3.8, 4) is 0 Å². The molecular weight excluding hydrogens is 200 g/mol. The van der Waals surface area contributed by atoms with Crippen molar-refractivity contribution >= 4 is 5.91 Å². The summed E-state index contributed by atoms with van der Waals surface area (Å²) in [6, 6.07) is 0. The highest BCUT2D eigenvalue weighted by Gasteiger charge is 2.16. The first-order chi connectivity index (χ1) is 7.24. The van der Waals surface area contributed by atoms with E-state index in [1.54, 1.807) is 0 Å². The first kappa shape index (κ1) is 15.4. The topological polar surface area (TPSA) is 55.1 Å². The van der Waals surface area contributed by atoms with Crippen LogP contribution in [0.4, 0.5) is 0 Å². The maximum absolute atomic E-state index is 11.7. The summed E-state index contributed by atoms with van der Waals surface area (Å²) < 4.78 is 0. The van der Waals surface area contributed by atoms with E-state index >= 15 is 0 Å². The number of nitrogens with one attached hydrogen (secondary N) is 1. The molecule has 3 nitrogen and oxygen atoms in total. The summed E-state index contributed by atoms with van der Waals surface area (Å²) in [4.78, 5) is 11.7.